The third kappa shape index (κ3) is 7.29. The monoisotopic (exact) mass is 615 g/mol. The lowest BCUT2D eigenvalue weighted by molar-refractivity contribution is -0.111. The number of rotatable bonds is 9. The van der Waals surface area contributed by atoms with E-state index in [9.17, 15) is 14.7 Å². The molecule has 0 saturated heterocycles. The zero-order chi connectivity index (χ0) is 26.2. The van der Waals surface area contributed by atoms with Gasteiger partial charge in [0.15, 0.2) is 11.5 Å². The van der Waals surface area contributed by atoms with Gasteiger partial charge in [0.2, 0.25) is 12.7 Å². The third-order valence-corrected chi connectivity index (χ3v) is 6.20. The van der Waals surface area contributed by atoms with Crippen molar-refractivity contribution < 1.29 is 28.9 Å². The van der Waals surface area contributed by atoms with Gasteiger partial charge in [-0.3, -0.25) is 10.1 Å². The smallest absolute Gasteiger partial charge is 0.412 e. The number of phenols is 1. The number of fused-ring (bicyclic) bond motifs is 1. The number of allylic oxidation sites excluding steroid dienone is 1. The Bertz CT molecular complexity index is 1310. The molecule has 192 valence electrons. The van der Waals surface area contributed by atoms with Gasteiger partial charge in [-0.05, 0) is 90.4 Å². The van der Waals surface area contributed by atoms with Gasteiger partial charge in [0.1, 0.15) is 11.9 Å². The Morgan fingerprint density at radius 3 is 2.73 bits per heavy atom. The molecule has 2 amide bonds. The minimum absolute atomic E-state index is 0.0386. The number of carbonyl (C=O) groups is 2. The molecule has 0 spiro atoms. The molecule has 0 radical (unpaired) electrons. The number of nitrogens with two attached hydrogens (primary N) is 1. The van der Waals surface area contributed by atoms with Gasteiger partial charge >= 0.3 is 6.09 Å². The van der Waals surface area contributed by atoms with E-state index in [4.69, 9.17) is 19.9 Å². The molecule has 0 bridgehead atoms. The third-order valence-electron chi connectivity index (χ3n) is 5.53. The lowest BCUT2D eigenvalue weighted by Gasteiger charge is -2.20. The molecule has 1 aliphatic rings. The summed E-state index contributed by atoms with van der Waals surface area (Å²) in [6.45, 7) is 0.133. The van der Waals surface area contributed by atoms with Crippen LogP contribution in [0, 0.1) is 3.57 Å². The molecule has 5 N–H and O–H groups in total. The van der Waals surface area contributed by atoms with Crippen molar-refractivity contribution in [2.45, 2.75) is 25.4 Å². The molecule has 4 rings (SSSR count). The van der Waals surface area contributed by atoms with Crippen LogP contribution in [0.5, 0.6) is 17.2 Å². The number of benzene rings is 3. The van der Waals surface area contributed by atoms with Crippen molar-refractivity contribution in [1.82, 2.24) is 0 Å². The molecular formula is C27H26IN3O6. The number of unbranched alkanes of at least 4 members (excludes halogenated alkanes) is 1. The number of ether oxygens (including phenoxy) is 3. The molecule has 0 aliphatic carbocycles. The summed E-state index contributed by atoms with van der Waals surface area (Å²) in [6, 6.07) is 17.2. The molecule has 1 aliphatic heterocycles. The van der Waals surface area contributed by atoms with E-state index >= 15 is 0 Å². The number of amides is 2. The number of halogens is 1. The molecule has 9 nitrogen and oxygen atoms in total. The van der Waals surface area contributed by atoms with E-state index in [2.05, 4.69) is 33.2 Å². The Labute approximate surface area is 227 Å². The first-order valence-corrected chi connectivity index (χ1v) is 12.6. The summed E-state index contributed by atoms with van der Waals surface area (Å²) in [6.07, 6.45) is 3.41. The minimum Gasteiger partial charge on any atom is -0.508 e. The van der Waals surface area contributed by atoms with E-state index in [1.807, 2.05) is 0 Å². The van der Waals surface area contributed by atoms with Gasteiger partial charge in [-0.25, -0.2) is 4.79 Å². The molecule has 1 heterocycles. The summed E-state index contributed by atoms with van der Waals surface area (Å²) >= 11 is 2.14. The second-order valence-electron chi connectivity index (χ2n) is 8.20. The Balaban J connectivity index is 1.35. The van der Waals surface area contributed by atoms with E-state index in [1.165, 1.54) is 6.08 Å². The maximum atomic E-state index is 12.7. The summed E-state index contributed by atoms with van der Waals surface area (Å²) in [5.74, 6) is 0.894. The zero-order valence-electron chi connectivity index (χ0n) is 19.8. The van der Waals surface area contributed by atoms with Crippen LogP contribution in [0.15, 0.2) is 72.8 Å². The van der Waals surface area contributed by atoms with Gasteiger partial charge in [-0.1, -0.05) is 18.2 Å². The standard InChI is InChI=1S/C27H26IN3O6/c28-17-10-12-22(32)19(14-17)23(37-27(34)30-18-11-13-24-25(15-18)36-16-35-24)8-2-1-3-9-26(33)31-21-7-5-4-6-20(21)29/h3-7,9-15,23,32H,1-2,8,16,29H2,(H,30,34)(H,31,33)/b9-3+/t23-/m1/s1. The number of carbonyl (C=O) groups excluding carboxylic acids is 2. The van der Waals surface area contributed by atoms with Crippen LogP contribution in [0.25, 0.3) is 0 Å². The van der Waals surface area contributed by atoms with E-state index in [-0.39, 0.29) is 18.4 Å². The van der Waals surface area contributed by atoms with Gasteiger partial charge in [0.05, 0.1) is 11.4 Å². The Hall–Kier alpha value is -3.93. The number of hydrogen-bond donors (Lipinski definition) is 4. The molecule has 37 heavy (non-hydrogen) atoms. The zero-order valence-corrected chi connectivity index (χ0v) is 21.9. The van der Waals surface area contributed by atoms with Crippen molar-refractivity contribution in [3.63, 3.8) is 0 Å². The average molecular weight is 615 g/mol. The van der Waals surface area contributed by atoms with Crippen molar-refractivity contribution in [3.05, 3.63) is 81.9 Å². The highest BCUT2D eigenvalue weighted by atomic mass is 127. The van der Waals surface area contributed by atoms with E-state index < -0.39 is 12.2 Å². The van der Waals surface area contributed by atoms with Crippen molar-refractivity contribution in [2.24, 2.45) is 0 Å². The second-order valence-corrected chi connectivity index (χ2v) is 9.45. The highest BCUT2D eigenvalue weighted by Crippen LogP contribution is 2.35. The molecular weight excluding hydrogens is 589 g/mol. The summed E-state index contributed by atoms with van der Waals surface area (Å²) in [5.41, 5.74) is 7.89. The van der Waals surface area contributed by atoms with Crippen LogP contribution in [0.1, 0.15) is 30.9 Å². The molecule has 0 fully saturated rings. The van der Waals surface area contributed by atoms with E-state index in [1.54, 1.807) is 66.7 Å². The van der Waals surface area contributed by atoms with Crippen molar-refractivity contribution in [2.75, 3.05) is 23.2 Å². The number of para-hydroxylation sites is 2. The normalized spacial score (nSPS) is 12.8. The Morgan fingerprint density at radius 1 is 1.08 bits per heavy atom. The second kappa shape index (κ2) is 12.3. The van der Waals surface area contributed by atoms with Gasteiger partial charge in [0.25, 0.3) is 0 Å². The summed E-state index contributed by atoms with van der Waals surface area (Å²) in [4.78, 5) is 24.9. The van der Waals surface area contributed by atoms with Crippen LogP contribution in [-0.4, -0.2) is 23.9 Å². The quantitative estimate of drug-likeness (QED) is 0.101. The molecule has 0 aromatic heterocycles. The predicted molar refractivity (Wildman–Crippen MR) is 149 cm³/mol. The molecule has 3 aromatic carbocycles. The number of anilines is 3. The largest absolute Gasteiger partial charge is 0.508 e. The first-order chi connectivity index (χ1) is 17.9. The van der Waals surface area contributed by atoms with Crippen LogP contribution >= 0.6 is 22.6 Å². The number of nitrogen functional groups attached to an aromatic ring is 1. The van der Waals surface area contributed by atoms with Crippen LogP contribution < -0.4 is 25.8 Å². The maximum absolute atomic E-state index is 12.7. The fraction of sp³-hybridized carbons (Fsp3) is 0.185. The number of nitrogens with one attached hydrogen (secondary N) is 2. The molecule has 3 aromatic rings. The molecule has 0 unspecified atom stereocenters. The van der Waals surface area contributed by atoms with Crippen LogP contribution in [0.4, 0.5) is 21.9 Å². The topological polar surface area (TPSA) is 132 Å². The van der Waals surface area contributed by atoms with Crippen molar-refractivity contribution in [1.29, 1.82) is 0 Å². The Morgan fingerprint density at radius 2 is 1.89 bits per heavy atom. The van der Waals surface area contributed by atoms with Crippen LogP contribution in [-0.2, 0) is 9.53 Å². The van der Waals surface area contributed by atoms with E-state index in [0.717, 1.165) is 3.57 Å². The summed E-state index contributed by atoms with van der Waals surface area (Å²) in [5, 5.41) is 15.9. The maximum Gasteiger partial charge on any atom is 0.412 e. The lowest BCUT2D eigenvalue weighted by atomic mass is 10.0. The minimum atomic E-state index is -0.699. The number of aromatic hydroxyl groups is 1. The number of phenolic OH excluding ortho intramolecular Hbond substituents is 1. The summed E-state index contributed by atoms with van der Waals surface area (Å²) in [7, 11) is 0. The van der Waals surface area contributed by atoms with E-state index in [0.29, 0.717) is 53.4 Å². The average Bonchev–Trinajstić information content (AvgIpc) is 3.34. The molecule has 10 heteroatoms. The molecule has 1 atom stereocenters. The Kier molecular flexibility index (Phi) is 8.72. The highest BCUT2D eigenvalue weighted by Gasteiger charge is 2.21. The van der Waals surface area contributed by atoms with Crippen molar-refractivity contribution in [3.8, 4) is 17.2 Å². The first-order valence-electron chi connectivity index (χ1n) is 11.6. The van der Waals surface area contributed by atoms with Crippen molar-refractivity contribution >= 4 is 51.7 Å². The summed E-state index contributed by atoms with van der Waals surface area (Å²) < 4.78 is 17.2. The highest BCUT2D eigenvalue weighted by molar-refractivity contribution is 14.1. The van der Waals surface area contributed by atoms with Gasteiger partial charge in [-0.15, -0.1) is 0 Å². The van der Waals surface area contributed by atoms with Crippen LogP contribution in [0.3, 0.4) is 0 Å². The first kappa shape index (κ1) is 26.1. The lowest BCUT2D eigenvalue weighted by Crippen LogP contribution is -2.18. The van der Waals surface area contributed by atoms with Crippen LogP contribution in [0.2, 0.25) is 0 Å². The van der Waals surface area contributed by atoms with Gasteiger partial charge in [0, 0.05) is 20.9 Å². The number of hydrogen-bond acceptors (Lipinski definition) is 7. The predicted octanol–water partition coefficient (Wildman–Crippen LogP) is 5.96. The fourth-order valence-corrected chi connectivity index (χ4v) is 4.22. The molecule has 0 saturated carbocycles. The SMILES string of the molecule is Nc1ccccc1NC(=O)/C=C/CCC[C@@H](OC(=O)Nc1ccc2c(c1)OCO2)c1cc(I)ccc1O. The van der Waals surface area contributed by atoms with Gasteiger partial charge in [-0.2, -0.15) is 0 Å². The van der Waals surface area contributed by atoms with Gasteiger partial charge < -0.3 is 30.4 Å². The fourth-order valence-electron chi connectivity index (χ4n) is 3.71.